The maximum atomic E-state index is 10.5. The van der Waals surface area contributed by atoms with Crippen molar-refractivity contribution in [2.75, 3.05) is 0 Å². The van der Waals surface area contributed by atoms with E-state index in [1.165, 1.54) is 12.1 Å². The second kappa shape index (κ2) is 5.17. The van der Waals surface area contributed by atoms with Crippen LogP contribution in [0, 0.1) is 10.1 Å². The molecule has 0 N–H and O–H groups in total. The molecule has 7 heteroatoms. The van der Waals surface area contributed by atoms with E-state index in [0.29, 0.717) is 11.6 Å². The van der Waals surface area contributed by atoms with Crippen LogP contribution < -0.4 is 0 Å². The Labute approximate surface area is 103 Å². The Bertz CT molecular complexity index is 573. The van der Waals surface area contributed by atoms with Crippen LogP contribution in [0.15, 0.2) is 46.9 Å². The molecule has 0 unspecified atom stereocenters. The van der Waals surface area contributed by atoms with Gasteiger partial charge in [0.25, 0.3) is 5.69 Å². The van der Waals surface area contributed by atoms with Crippen LogP contribution in [-0.2, 0) is 6.54 Å². The van der Waals surface area contributed by atoms with Gasteiger partial charge in [0.15, 0.2) is 0 Å². The number of hydrogen-bond acceptors (Lipinski definition) is 5. The highest BCUT2D eigenvalue weighted by Gasteiger charge is 2.03. The van der Waals surface area contributed by atoms with E-state index in [1.807, 2.05) is 17.7 Å². The van der Waals surface area contributed by atoms with Crippen LogP contribution in [0.5, 0.6) is 0 Å². The van der Waals surface area contributed by atoms with Crippen LogP contribution in [-0.4, -0.2) is 14.5 Å². The Kier molecular flexibility index (Phi) is 3.42. The predicted molar refractivity (Wildman–Crippen MR) is 65.2 cm³/mol. The van der Waals surface area contributed by atoms with Gasteiger partial charge < -0.3 is 4.57 Å². The van der Waals surface area contributed by atoms with Crippen LogP contribution in [0.3, 0.4) is 0 Å². The van der Waals surface area contributed by atoms with E-state index in [0.717, 1.165) is 6.54 Å². The van der Waals surface area contributed by atoms with Crippen molar-refractivity contribution in [3.63, 3.8) is 0 Å². The van der Waals surface area contributed by atoms with Crippen LogP contribution in [0.25, 0.3) is 0 Å². The molecule has 1 heterocycles. The lowest BCUT2D eigenvalue weighted by atomic mass is 10.3. The molecule has 0 spiro atoms. The molecule has 0 bridgehead atoms. The first-order valence-corrected chi connectivity index (χ1v) is 5.38. The number of hydrogen-bond donors (Lipinski definition) is 0. The maximum Gasteiger partial charge on any atom is 0.269 e. The number of benzene rings is 1. The van der Waals surface area contributed by atoms with Gasteiger partial charge in [0.2, 0.25) is 5.95 Å². The average Bonchev–Trinajstić information content (AvgIpc) is 2.84. The second-order valence-electron chi connectivity index (χ2n) is 3.49. The standard InChI is InChI=1S/C11H11N5O2/c1-2-15-8-7-12-11(15)14-13-9-3-5-10(6-4-9)16(17)18/h3-8H,2H2,1H3. The van der Waals surface area contributed by atoms with E-state index >= 15 is 0 Å². The van der Waals surface area contributed by atoms with Gasteiger partial charge in [-0.2, -0.15) is 0 Å². The quantitative estimate of drug-likeness (QED) is 0.470. The molecule has 1 aromatic carbocycles. The van der Waals surface area contributed by atoms with Crippen molar-refractivity contribution in [1.82, 2.24) is 9.55 Å². The van der Waals surface area contributed by atoms with E-state index in [4.69, 9.17) is 0 Å². The van der Waals surface area contributed by atoms with Crippen molar-refractivity contribution in [2.45, 2.75) is 13.5 Å². The van der Waals surface area contributed by atoms with Crippen molar-refractivity contribution < 1.29 is 4.92 Å². The van der Waals surface area contributed by atoms with E-state index in [-0.39, 0.29) is 5.69 Å². The van der Waals surface area contributed by atoms with Crippen molar-refractivity contribution in [1.29, 1.82) is 0 Å². The Morgan fingerprint density at radius 1 is 1.33 bits per heavy atom. The minimum Gasteiger partial charge on any atom is -0.315 e. The molecule has 0 atom stereocenters. The molecule has 0 saturated heterocycles. The summed E-state index contributed by atoms with van der Waals surface area (Å²) in [6.07, 6.45) is 3.46. The first-order valence-electron chi connectivity index (χ1n) is 5.38. The summed E-state index contributed by atoms with van der Waals surface area (Å²) in [6, 6.07) is 5.86. The summed E-state index contributed by atoms with van der Waals surface area (Å²) in [5.74, 6) is 0.510. The molecule has 0 aliphatic rings. The Morgan fingerprint density at radius 3 is 2.67 bits per heavy atom. The van der Waals surface area contributed by atoms with E-state index < -0.39 is 4.92 Å². The van der Waals surface area contributed by atoms with E-state index in [2.05, 4.69) is 15.2 Å². The van der Waals surface area contributed by atoms with Crippen molar-refractivity contribution >= 4 is 17.3 Å². The van der Waals surface area contributed by atoms with Gasteiger partial charge in [-0.1, -0.05) is 0 Å². The molecule has 0 aliphatic heterocycles. The fourth-order valence-electron chi connectivity index (χ4n) is 1.39. The number of aryl methyl sites for hydroxylation is 1. The number of rotatable bonds is 4. The summed E-state index contributed by atoms with van der Waals surface area (Å²) in [5.41, 5.74) is 0.579. The third-order valence-electron chi connectivity index (χ3n) is 2.35. The normalized spacial score (nSPS) is 10.9. The number of aromatic nitrogens is 2. The molecule has 0 aliphatic carbocycles. The van der Waals surface area contributed by atoms with Crippen molar-refractivity contribution in [3.8, 4) is 0 Å². The SMILES string of the molecule is CCn1ccnc1N=Nc1ccc([N+](=O)[O-])cc1. The summed E-state index contributed by atoms with van der Waals surface area (Å²) in [6.45, 7) is 2.74. The van der Waals surface area contributed by atoms with E-state index in [9.17, 15) is 10.1 Å². The molecule has 0 saturated carbocycles. The molecule has 92 valence electrons. The lowest BCUT2D eigenvalue weighted by Crippen LogP contribution is -1.89. The second-order valence-corrected chi connectivity index (χ2v) is 3.49. The predicted octanol–water partition coefficient (Wildman–Crippen LogP) is 3.23. The highest BCUT2D eigenvalue weighted by molar-refractivity contribution is 5.43. The summed E-state index contributed by atoms with van der Waals surface area (Å²) in [4.78, 5) is 14.1. The van der Waals surface area contributed by atoms with Gasteiger partial charge in [-0.05, 0) is 19.1 Å². The molecule has 18 heavy (non-hydrogen) atoms. The highest BCUT2D eigenvalue weighted by Crippen LogP contribution is 2.20. The molecule has 7 nitrogen and oxygen atoms in total. The minimum atomic E-state index is -0.454. The number of nitrogens with zero attached hydrogens (tertiary/aromatic N) is 5. The molecule has 2 rings (SSSR count). The van der Waals surface area contributed by atoms with E-state index in [1.54, 1.807) is 18.3 Å². The van der Waals surface area contributed by atoms with Gasteiger partial charge in [0, 0.05) is 31.1 Å². The number of nitro groups is 1. The third-order valence-corrected chi connectivity index (χ3v) is 2.35. The fraction of sp³-hybridized carbons (Fsp3) is 0.182. The van der Waals surface area contributed by atoms with Gasteiger partial charge in [-0.25, -0.2) is 4.98 Å². The molecule has 0 radical (unpaired) electrons. The maximum absolute atomic E-state index is 10.5. The van der Waals surface area contributed by atoms with Crippen molar-refractivity contribution in [2.24, 2.45) is 10.2 Å². The lowest BCUT2D eigenvalue weighted by Gasteiger charge is -1.97. The van der Waals surface area contributed by atoms with Gasteiger partial charge in [0.05, 0.1) is 10.6 Å². The van der Waals surface area contributed by atoms with Crippen molar-refractivity contribution in [3.05, 3.63) is 46.8 Å². The van der Waals surface area contributed by atoms with Gasteiger partial charge >= 0.3 is 0 Å². The third kappa shape index (κ3) is 2.57. The smallest absolute Gasteiger partial charge is 0.269 e. The zero-order valence-corrected chi connectivity index (χ0v) is 9.72. The fourth-order valence-corrected chi connectivity index (χ4v) is 1.39. The minimum absolute atomic E-state index is 0.0315. The van der Waals surface area contributed by atoms with Crippen LogP contribution in [0.1, 0.15) is 6.92 Å². The molecular formula is C11H11N5O2. The Hall–Kier alpha value is -2.57. The zero-order chi connectivity index (χ0) is 13.0. The topological polar surface area (TPSA) is 85.7 Å². The average molecular weight is 245 g/mol. The monoisotopic (exact) mass is 245 g/mol. The summed E-state index contributed by atoms with van der Waals surface area (Å²) in [7, 11) is 0. The molecule has 0 fully saturated rings. The van der Waals surface area contributed by atoms with Crippen LogP contribution >= 0.6 is 0 Å². The van der Waals surface area contributed by atoms with Gasteiger partial charge in [-0.15, -0.1) is 10.2 Å². The molecular weight excluding hydrogens is 234 g/mol. The first-order chi connectivity index (χ1) is 8.70. The number of imidazole rings is 1. The summed E-state index contributed by atoms with van der Waals surface area (Å²) >= 11 is 0. The highest BCUT2D eigenvalue weighted by atomic mass is 16.6. The number of nitro benzene ring substituents is 1. The van der Waals surface area contributed by atoms with Crippen LogP contribution in [0.2, 0.25) is 0 Å². The number of azo groups is 1. The number of non-ortho nitro benzene ring substituents is 1. The van der Waals surface area contributed by atoms with Gasteiger partial charge in [0.1, 0.15) is 0 Å². The lowest BCUT2D eigenvalue weighted by molar-refractivity contribution is -0.384. The molecule has 0 amide bonds. The summed E-state index contributed by atoms with van der Waals surface area (Å²) < 4.78 is 1.84. The first kappa shape index (κ1) is 11.9. The van der Waals surface area contributed by atoms with Crippen LogP contribution in [0.4, 0.5) is 17.3 Å². The summed E-state index contributed by atoms with van der Waals surface area (Å²) in [5, 5.41) is 18.4. The Balaban J connectivity index is 2.16. The molecule has 1 aromatic heterocycles. The largest absolute Gasteiger partial charge is 0.315 e. The Morgan fingerprint density at radius 2 is 2.06 bits per heavy atom. The van der Waals surface area contributed by atoms with Gasteiger partial charge in [-0.3, -0.25) is 10.1 Å². The zero-order valence-electron chi connectivity index (χ0n) is 9.72. The molecule has 2 aromatic rings.